The third-order valence-corrected chi connectivity index (χ3v) is 3.85. The van der Waals surface area contributed by atoms with Gasteiger partial charge in [-0.2, -0.15) is 0 Å². The van der Waals surface area contributed by atoms with Crippen molar-refractivity contribution in [2.75, 3.05) is 20.3 Å². The lowest BCUT2D eigenvalue weighted by molar-refractivity contribution is -0.154. The summed E-state index contributed by atoms with van der Waals surface area (Å²) in [5, 5.41) is 9.47. The first-order chi connectivity index (χ1) is 11.5. The lowest BCUT2D eigenvalue weighted by Gasteiger charge is -2.22. The van der Waals surface area contributed by atoms with Crippen LogP contribution < -0.4 is 5.32 Å². The smallest absolute Gasteiger partial charge is 0.328 e. The molecule has 8 heteroatoms. The summed E-state index contributed by atoms with van der Waals surface area (Å²) < 4.78 is 15.7. The van der Waals surface area contributed by atoms with Gasteiger partial charge in [0.1, 0.15) is 18.2 Å². The topological polar surface area (TPSA) is 115 Å². The molecule has 136 valence electrons. The number of methoxy groups -OCH3 is 1. The number of Topliss-reactive ketones (excluding diaryl/α,β-unsaturated/α-hetero) is 1. The molecule has 0 unspecified atom stereocenters. The highest BCUT2D eigenvalue weighted by Gasteiger charge is 2.27. The summed E-state index contributed by atoms with van der Waals surface area (Å²) in [6, 6.07) is -0.942. The molecule has 0 aromatic heterocycles. The van der Waals surface area contributed by atoms with Crippen molar-refractivity contribution < 1.29 is 28.6 Å². The number of nitrogens with one attached hydrogen (secondary N) is 2. The van der Waals surface area contributed by atoms with Gasteiger partial charge in [-0.1, -0.05) is 0 Å². The Morgan fingerprint density at radius 2 is 2.08 bits per heavy atom. The largest absolute Gasteiger partial charge is 0.461 e. The van der Waals surface area contributed by atoms with E-state index in [1.807, 2.05) is 0 Å². The fraction of sp³-hybridized carbons (Fsp3) is 0.750. The molecule has 1 fully saturated rings. The number of hydrogen-bond acceptors (Lipinski definition) is 7. The van der Waals surface area contributed by atoms with Crippen LogP contribution in [-0.4, -0.2) is 62.4 Å². The molecule has 1 heterocycles. The summed E-state index contributed by atoms with van der Waals surface area (Å²) in [5.74, 6) is -1.44. The summed E-state index contributed by atoms with van der Waals surface area (Å²) in [5.41, 5.74) is 0. The summed E-state index contributed by atoms with van der Waals surface area (Å²) in [7, 11) is 1.39. The lowest BCUT2D eigenvalue weighted by atomic mass is 10.1. The van der Waals surface area contributed by atoms with Gasteiger partial charge in [-0.3, -0.25) is 9.59 Å². The standard InChI is InChI=1S/C16H26N2O6/c1-11(22-2)15(20)18-14(6-5-12(19)10-17)16(21)24-13-4-3-8-23-9-7-13/h10-11,13-14,17H,3-9H2,1-2H3,(H,18,20)/t11-,13-,14-/m0/s1. The number of esters is 1. The van der Waals surface area contributed by atoms with Crippen LogP contribution in [0.15, 0.2) is 0 Å². The van der Waals surface area contributed by atoms with Gasteiger partial charge in [-0.15, -0.1) is 0 Å². The van der Waals surface area contributed by atoms with E-state index in [4.69, 9.17) is 19.6 Å². The van der Waals surface area contributed by atoms with Crippen LogP contribution in [0.1, 0.15) is 39.0 Å². The molecule has 1 rings (SSSR count). The summed E-state index contributed by atoms with van der Waals surface area (Å²) in [4.78, 5) is 35.6. The maximum absolute atomic E-state index is 12.4. The van der Waals surface area contributed by atoms with E-state index in [9.17, 15) is 14.4 Å². The molecule has 8 nitrogen and oxygen atoms in total. The third-order valence-electron chi connectivity index (χ3n) is 3.85. The first-order valence-corrected chi connectivity index (χ1v) is 8.12. The maximum Gasteiger partial charge on any atom is 0.328 e. The fourth-order valence-corrected chi connectivity index (χ4v) is 2.24. The zero-order valence-electron chi connectivity index (χ0n) is 14.2. The van der Waals surface area contributed by atoms with Crippen molar-refractivity contribution in [2.45, 2.75) is 57.3 Å². The van der Waals surface area contributed by atoms with E-state index in [1.54, 1.807) is 6.92 Å². The molecule has 1 amide bonds. The van der Waals surface area contributed by atoms with Crippen LogP contribution in [0.5, 0.6) is 0 Å². The number of hydrogen-bond donors (Lipinski definition) is 2. The van der Waals surface area contributed by atoms with Gasteiger partial charge in [0.25, 0.3) is 0 Å². The molecular formula is C16H26N2O6. The Morgan fingerprint density at radius 1 is 1.33 bits per heavy atom. The monoisotopic (exact) mass is 342 g/mol. The maximum atomic E-state index is 12.4. The van der Waals surface area contributed by atoms with E-state index >= 15 is 0 Å². The highest BCUT2D eigenvalue weighted by molar-refractivity contribution is 6.26. The van der Waals surface area contributed by atoms with E-state index in [-0.39, 0.29) is 18.9 Å². The Hall–Kier alpha value is -1.80. The first-order valence-electron chi connectivity index (χ1n) is 8.12. The summed E-state index contributed by atoms with van der Waals surface area (Å²) >= 11 is 0. The summed E-state index contributed by atoms with van der Waals surface area (Å²) in [6.45, 7) is 2.73. The molecule has 0 aromatic carbocycles. The summed E-state index contributed by atoms with van der Waals surface area (Å²) in [6.07, 6.45) is 1.92. The van der Waals surface area contributed by atoms with Crippen LogP contribution in [0.2, 0.25) is 0 Å². The number of rotatable bonds is 9. The van der Waals surface area contributed by atoms with Gasteiger partial charge in [-0.25, -0.2) is 4.79 Å². The second-order valence-electron chi connectivity index (χ2n) is 5.69. The van der Waals surface area contributed by atoms with Crippen LogP contribution in [0.3, 0.4) is 0 Å². The van der Waals surface area contributed by atoms with Gasteiger partial charge in [0.2, 0.25) is 5.91 Å². The average Bonchev–Trinajstić information content (AvgIpc) is 2.85. The first kappa shape index (κ1) is 20.2. The molecule has 0 bridgehead atoms. The van der Waals surface area contributed by atoms with Crippen molar-refractivity contribution in [1.82, 2.24) is 5.32 Å². The number of amides is 1. The Balaban J connectivity index is 2.66. The van der Waals surface area contributed by atoms with Crippen LogP contribution >= 0.6 is 0 Å². The van der Waals surface area contributed by atoms with E-state index in [0.717, 1.165) is 6.42 Å². The van der Waals surface area contributed by atoms with Gasteiger partial charge in [0.15, 0.2) is 5.78 Å². The van der Waals surface area contributed by atoms with Gasteiger partial charge in [0.05, 0.1) is 12.8 Å². The second kappa shape index (κ2) is 10.9. The zero-order chi connectivity index (χ0) is 17.9. The minimum atomic E-state index is -0.942. The molecule has 0 saturated carbocycles. The van der Waals surface area contributed by atoms with Crippen LogP contribution in [0, 0.1) is 5.41 Å². The van der Waals surface area contributed by atoms with Crippen LogP contribution in [0.4, 0.5) is 0 Å². The van der Waals surface area contributed by atoms with Crippen molar-refractivity contribution in [3.8, 4) is 0 Å². The number of carbonyl (C=O) groups excluding carboxylic acids is 3. The molecule has 2 N–H and O–H groups in total. The molecule has 24 heavy (non-hydrogen) atoms. The highest BCUT2D eigenvalue weighted by Crippen LogP contribution is 2.14. The van der Waals surface area contributed by atoms with Crippen molar-refractivity contribution in [3.05, 3.63) is 0 Å². The Labute approximate surface area is 141 Å². The predicted octanol–water partition coefficient (Wildman–Crippen LogP) is 0.617. The quantitative estimate of drug-likeness (QED) is 0.469. The van der Waals surface area contributed by atoms with Crippen LogP contribution in [0.25, 0.3) is 0 Å². The molecular weight excluding hydrogens is 316 g/mol. The minimum Gasteiger partial charge on any atom is -0.461 e. The molecule has 1 aliphatic rings. The van der Waals surface area contributed by atoms with E-state index in [1.165, 1.54) is 7.11 Å². The molecule has 0 aliphatic carbocycles. The average molecular weight is 342 g/mol. The van der Waals surface area contributed by atoms with Crippen molar-refractivity contribution >= 4 is 23.9 Å². The van der Waals surface area contributed by atoms with E-state index < -0.39 is 29.8 Å². The van der Waals surface area contributed by atoms with Crippen molar-refractivity contribution in [1.29, 1.82) is 5.41 Å². The fourth-order valence-electron chi connectivity index (χ4n) is 2.24. The number of ketones is 1. The Bertz CT molecular complexity index is 446. The second-order valence-corrected chi connectivity index (χ2v) is 5.69. The molecule has 0 radical (unpaired) electrons. The molecule has 0 spiro atoms. The molecule has 1 aliphatic heterocycles. The van der Waals surface area contributed by atoms with Crippen molar-refractivity contribution in [2.24, 2.45) is 0 Å². The molecule has 1 saturated heterocycles. The van der Waals surface area contributed by atoms with Gasteiger partial charge < -0.3 is 24.9 Å². The van der Waals surface area contributed by atoms with E-state index in [2.05, 4.69) is 5.32 Å². The SMILES string of the molecule is CO[C@@H](C)C(=O)N[C@@H](CCC(=O)C=N)C(=O)O[C@H]1CCCOCC1. The Morgan fingerprint density at radius 3 is 2.75 bits per heavy atom. The third kappa shape index (κ3) is 7.18. The van der Waals surface area contributed by atoms with E-state index in [0.29, 0.717) is 32.3 Å². The van der Waals surface area contributed by atoms with Gasteiger partial charge in [0, 0.05) is 26.6 Å². The van der Waals surface area contributed by atoms with Crippen molar-refractivity contribution in [3.63, 3.8) is 0 Å². The molecule has 3 atom stereocenters. The number of carbonyl (C=O) groups is 3. The van der Waals surface area contributed by atoms with Crippen LogP contribution in [-0.2, 0) is 28.6 Å². The lowest BCUT2D eigenvalue weighted by Crippen LogP contribution is -2.47. The predicted molar refractivity (Wildman–Crippen MR) is 86.0 cm³/mol. The zero-order valence-corrected chi connectivity index (χ0v) is 14.2. The van der Waals surface area contributed by atoms with Gasteiger partial charge >= 0.3 is 5.97 Å². The highest BCUT2D eigenvalue weighted by atomic mass is 16.5. The normalized spacial score (nSPS) is 20.3. The van der Waals surface area contributed by atoms with Gasteiger partial charge in [-0.05, 0) is 26.2 Å². The molecule has 0 aromatic rings. The Kier molecular flexibility index (Phi) is 9.18. The number of ether oxygens (including phenoxy) is 3. The minimum absolute atomic E-state index is 0.0152.